The molecule has 1 saturated carbocycles. The summed E-state index contributed by atoms with van der Waals surface area (Å²) in [6, 6.07) is -0.210. The maximum absolute atomic E-state index is 11.6. The maximum atomic E-state index is 11.6. The highest BCUT2D eigenvalue weighted by Crippen LogP contribution is 2.27. The predicted octanol–water partition coefficient (Wildman–Crippen LogP) is 3.54. The summed E-state index contributed by atoms with van der Waals surface area (Å²) < 4.78 is 0. The van der Waals surface area contributed by atoms with Gasteiger partial charge in [0.1, 0.15) is 0 Å². The lowest BCUT2D eigenvalue weighted by atomic mass is 9.83. The quantitative estimate of drug-likeness (QED) is 0.798. The van der Waals surface area contributed by atoms with Gasteiger partial charge in [-0.05, 0) is 12.3 Å². The SMILES string of the molecule is CC.CC(C)C(=O)C(N)CC1CCCCC1. The molecule has 1 rings (SSSR count). The fourth-order valence-electron chi connectivity index (χ4n) is 2.33. The average Bonchev–Trinajstić information content (AvgIpc) is 2.31. The van der Waals surface area contributed by atoms with Gasteiger partial charge < -0.3 is 5.73 Å². The van der Waals surface area contributed by atoms with Crippen LogP contribution in [0.15, 0.2) is 0 Å². The Morgan fingerprint density at radius 2 is 1.69 bits per heavy atom. The molecule has 1 atom stereocenters. The Morgan fingerprint density at radius 3 is 2.12 bits per heavy atom. The smallest absolute Gasteiger partial charge is 0.152 e. The Labute approximate surface area is 101 Å². The molecule has 0 aliphatic heterocycles. The molecule has 0 radical (unpaired) electrons. The molecule has 0 aromatic heterocycles. The molecule has 0 aromatic carbocycles. The van der Waals surface area contributed by atoms with Gasteiger partial charge in [-0.25, -0.2) is 0 Å². The van der Waals surface area contributed by atoms with E-state index in [-0.39, 0.29) is 17.7 Å². The van der Waals surface area contributed by atoms with Crippen molar-refractivity contribution < 1.29 is 4.79 Å². The van der Waals surface area contributed by atoms with Gasteiger partial charge in [-0.2, -0.15) is 0 Å². The first kappa shape index (κ1) is 15.6. The molecule has 0 amide bonds. The van der Waals surface area contributed by atoms with Crippen LogP contribution in [0.1, 0.15) is 66.2 Å². The van der Waals surface area contributed by atoms with Gasteiger partial charge in [-0.15, -0.1) is 0 Å². The highest BCUT2D eigenvalue weighted by molar-refractivity contribution is 5.85. The number of hydrogen-bond acceptors (Lipinski definition) is 2. The van der Waals surface area contributed by atoms with Crippen molar-refractivity contribution in [2.24, 2.45) is 17.6 Å². The predicted molar refractivity (Wildman–Crippen MR) is 70.4 cm³/mol. The highest BCUT2D eigenvalue weighted by Gasteiger charge is 2.22. The van der Waals surface area contributed by atoms with Crippen LogP contribution < -0.4 is 5.73 Å². The van der Waals surface area contributed by atoms with Gasteiger partial charge in [-0.3, -0.25) is 4.79 Å². The summed E-state index contributed by atoms with van der Waals surface area (Å²) in [5.74, 6) is 1.03. The Morgan fingerprint density at radius 1 is 1.19 bits per heavy atom. The first-order chi connectivity index (χ1) is 7.61. The van der Waals surface area contributed by atoms with Crippen molar-refractivity contribution in [2.75, 3.05) is 0 Å². The van der Waals surface area contributed by atoms with E-state index in [9.17, 15) is 4.79 Å². The minimum absolute atomic E-state index is 0.0913. The molecule has 2 heteroatoms. The number of carbonyl (C=O) groups excluding carboxylic acids is 1. The summed E-state index contributed by atoms with van der Waals surface area (Å²) in [6.45, 7) is 7.87. The maximum Gasteiger partial charge on any atom is 0.152 e. The molecule has 0 bridgehead atoms. The van der Waals surface area contributed by atoms with E-state index in [1.54, 1.807) is 0 Å². The van der Waals surface area contributed by atoms with Crippen molar-refractivity contribution in [3.8, 4) is 0 Å². The molecule has 0 saturated heterocycles. The molecule has 0 aromatic rings. The minimum Gasteiger partial charge on any atom is -0.321 e. The number of rotatable bonds is 4. The summed E-state index contributed by atoms with van der Waals surface area (Å²) in [4.78, 5) is 11.6. The standard InChI is InChI=1S/C12H23NO.C2H6/c1-9(2)12(14)11(13)8-10-6-4-3-5-7-10;1-2/h9-11H,3-8,13H2,1-2H3;1-2H3. The first-order valence-electron chi connectivity index (χ1n) is 6.90. The van der Waals surface area contributed by atoms with Crippen molar-refractivity contribution in [3.63, 3.8) is 0 Å². The van der Waals surface area contributed by atoms with Crippen LogP contribution in [0.25, 0.3) is 0 Å². The van der Waals surface area contributed by atoms with Gasteiger partial charge in [0.2, 0.25) is 0 Å². The first-order valence-corrected chi connectivity index (χ1v) is 6.90. The summed E-state index contributed by atoms with van der Waals surface area (Å²) in [5, 5.41) is 0. The molecular weight excluding hydrogens is 198 g/mol. The van der Waals surface area contributed by atoms with Crippen LogP contribution in [0.2, 0.25) is 0 Å². The third-order valence-electron chi connectivity index (χ3n) is 3.25. The minimum atomic E-state index is -0.210. The van der Waals surface area contributed by atoms with E-state index in [1.165, 1.54) is 32.1 Å². The van der Waals surface area contributed by atoms with Gasteiger partial charge in [-0.1, -0.05) is 59.8 Å². The highest BCUT2D eigenvalue weighted by atomic mass is 16.1. The summed E-state index contributed by atoms with van der Waals surface area (Å²) in [7, 11) is 0. The van der Waals surface area contributed by atoms with Crippen molar-refractivity contribution in [2.45, 2.75) is 72.3 Å². The van der Waals surface area contributed by atoms with Crippen LogP contribution >= 0.6 is 0 Å². The van der Waals surface area contributed by atoms with Gasteiger partial charge >= 0.3 is 0 Å². The van der Waals surface area contributed by atoms with E-state index in [0.717, 1.165) is 6.42 Å². The van der Waals surface area contributed by atoms with E-state index >= 15 is 0 Å². The van der Waals surface area contributed by atoms with Crippen LogP contribution in [-0.4, -0.2) is 11.8 Å². The number of nitrogens with two attached hydrogens (primary N) is 1. The van der Waals surface area contributed by atoms with Gasteiger partial charge in [0.25, 0.3) is 0 Å². The van der Waals surface area contributed by atoms with Gasteiger partial charge in [0.05, 0.1) is 6.04 Å². The van der Waals surface area contributed by atoms with Crippen LogP contribution in [0, 0.1) is 11.8 Å². The molecular formula is C14H29NO. The van der Waals surface area contributed by atoms with Crippen LogP contribution in [0.5, 0.6) is 0 Å². The molecule has 1 aliphatic rings. The summed E-state index contributed by atoms with van der Waals surface area (Å²) in [6.07, 6.45) is 7.49. The Balaban J connectivity index is 0.00000106. The zero-order valence-electron chi connectivity index (χ0n) is 11.5. The summed E-state index contributed by atoms with van der Waals surface area (Å²) >= 11 is 0. The second-order valence-corrected chi connectivity index (χ2v) is 4.90. The Bertz CT molecular complexity index is 183. The van der Waals surface area contributed by atoms with E-state index in [0.29, 0.717) is 5.92 Å². The zero-order valence-corrected chi connectivity index (χ0v) is 11.5. The lowest BCUT2D eigenvalue weighted by molar-refractivity contribution is -0.123. The molecule has 96 valence electrons. The topological polar surface area (TPSA) is 43.1 Å². The zero-order chi connectivity index (χ0) is 12.6. The van der Waals surface area contributed by atoms with E-state index in [2.05, 4.69) is 0 Å². The molecule has 2 N–H and O–H groups in total. The monoisotopic (exact) mass is 227 g/mol. The normalized spacial score (nSPS) is 18.9. The van der Waals surface area contributed by atoms with Crippen molar-refractivity contribution in [1.82, 2.24) is 0 Å². The molecule has 0 spiro atoms. The number of hydrogen-bond donors (Lipinski definition) is 1. The van der Waals surface area contributed by atoms with Crippen molar-refractivity contribution in [1.29, 1.82) is 0 Å². The second kappa shape index (κ2) is 8.74. The van der Waals surface area contributed by atoms with E-state index < -0.39 is 0 Å². The van der Waals surface area contributed by atoms with Crippen LogP contribution in [-0.2, 0) is 4.79 Å². The Kier molecular flexibility index (Phi) is 8.54. The molecule has 16 heavy (non-hydrogen) atoms. The molecule has 1 aliphatic carbocycles. The number of Topliss-reactive ketones (excluding diaryl/α,β-unsaturated/α-hetero) is 1. The van der Waals surface area contributed by atoms with Gasteiger partial charge in [0, 0.05) is 5.92 Å². The molecule has 0 heterocycles. The third-order valence-corrected chi connectivity index (χ3v) is 3.25. The van der Waals surface area contributed by atoms with Gasteiger partial charge in [0.15, 0.2) is 5.78 Å². The fraction of sp³-hybridized carbons (Fsp3) is 0.929. The molecule has 1 fully saturated rings. The fourth-order valence-corrected chi connectivity index (χ4v) is 2.33. The van der Waals surface area contributed by atoms with E-state index in [1.807, 2.05) is 27.7 Å². The largest absolute Gasteiger partial charge is 0.321 e. The average molecular weight is 227 g/mol. The lowest BCUT2D eigenvalue weighted by Gasteiger charge is -2.24. The molecule has 1 unspecified atom stereocenters. The second-order valence-electron chi connectivity index (χ2n) is 4.90. The van der Waals surface area contributed by atoms with Crippen LogP contribution in [0.4, 0.5) is 0 Å². The van der Waals surface area contributed by atoms with Crippen molar-refractivity contribution >= 4 is 5.78 Å². The Hall–Kier alpha value is -0.370. The summed E-state index contributed by atoms with van der Waals surface area (Å²) in [5.41, 5.74) is 5.90. The number of ketones is 1. The van der Waals surface area contributed by atoms with E-state index in [4.69, 9.17) is 5.73 Å². The van der Waals surface area contributed by atoms with Crippen LogP contribution in [0.3, 0.4) is 0 Å². The molecule has 2 nitrogen and oxygen atoms in total. The lowest BCUT2D eigenvalue weighted by Crippen LogP contribution is -2.35. The number of carbonyl (C=O) groups is 1. The van der Waals surface area contributed by atoms with Crippen molar-refractivity contribution in [3.05, 3.63) is 0 Å². The third kappa shape index (κ3) is 5.64.